The van der Waals surface area contributed by atoms with E-state index in [9.17, 15) is 38.7 Å². The molecule has 0 bridgehead atoms. The van der Waals surface area contributed by atoms with Gasteiger partial charge in [-0.05, 0) is 42.6 Å². The molecule has 15 heteroatoms. The molecule has 3 rings (SSSR count). The highest BCUT2D eigenvalue weighted by molar-refractivity contribution is 6.38. The van der Waals surface area contributed by atoms with Crippen molar-refractivity contribution in [1.82, 2.24) is 36.1 Å². The van der Waals surface area contributed by atoms with Gasteiger partial charge in [-0.3, -0.25) is 33.8 Å². The number of aliphatic carboxylic acids is 1. The highest BCUT2D eigenvalue weighted by Gasteiger charge is 2.45. The number of hydrogen-bond acceptors (Lipinski definition) is 9. The molecule has 0 unspecified atom stereocenters. The van der Waals surface area contributed by atoms with Gasteiger partial charge in [0, 0.05) is 25.4 Å². The minimum Gasteiger partial charge on any atom is -0.480 e. The Morgan fingerprint density at radius 1 is 0.925 bits per heavy atom. The molecule has 0 spiro atoms. The summed E-state index contributed by atoms with van der Waals surface area (Å²) in [6.07, 6.45) is 6.92. The second-order valence-corrected chi connectivity index (χ2v) is 13.8. The molecule has 0 aliphatic carbocycles. The number of aromatic nitrogens is 2. The monoisotopic (exact) mass is 733 g/mol. The number of nitrogens with zero attached hydrogens (tertiary/aromatic N) is 3. The standard InChI is InChI=1S/C38H51N7O8/c1-7-12-25-16-19-45(37(51)30(23(5)6)44-34(48)29(22(3)4)43-33(47)28-21-39-17-18-40-28)31(25)35(49)41-26(13-8-2)32(46)36(50)42-27(38(52)53)20-24-14-10-9-11-15-24/h7,9-11,14-15,17-18,21-23,25-27,29-31H,1,8,12-13,16,19-20H2,2-6H3,(H,41,49)(H,42,50)(H,43,47)(H,44,48)(H,52,53)/t25-,26-,27-,29+,30+,31-/m0/s1. The third-order valence-electron chi connectivity index (χ3n) is 9.13. The first kappa shape index (κ1) is 41.9. The van der Waals surface area contributed by atoms with Crippen LogP contribution in [-0.2, 0) is 35.2 Å². The molecule has 0 saturated carbocycles. The number of likely N-dealkylation sites (tertiary alicyclic amines) is 1. The molecule has 1 saturated heterocycles. The van der Waals surface area contributed by atoms with Crippen molar-refractivity contribution < 1.29 is 38.7 Å². The third kappa shape index (κ3) is 11.5. The Hall–Kier alpha value is -5.47. The number of benzene rings is 1. The summed E-state index contributed by atoms with van der Waals surface area (Å²) in [5.41, 5.74) is 0.667. The minimum absolute atomic E-state index is 0.0212. The van der Waals surface area contributed by atoms with Gasteiger partial charge in [-0.25, -0.2) is 9.78 Å². The molecule has 15 nitrogen and oxygen atoms in total. The van der Waals surface area contributed by atoms with Crippen LogP contribution in [0.3, 0.4) is 0 Å². The minimum atomic E-state index is -1.38. The zero-order chi connectivity index (χ0) is 39.2. The van der Waals surface area contributed by atoms with Crippen molar-refractivity contribution in [2.24, 2.45) is 17.8 Å². The summed E-state index contributed by atoms with van der Waals surface area (Å²) in [5, 5.41) is 20.2. The number of carboxylic acids is 1. The second kappa shape index (κ2) is 20.0. The quantitative estimate of drug-likeness (QED) is 0.104. The van der Waals surface area contributed by atoms with E-state index in [0.717, 1.165) is 0 Å². The number of hydrogen-bond donors (Lipinski definition) is 5. The number of carbonyl (C=O) groups excluding carboxylic acids is 6. The Morgan fingerprint density at radius 3 is 2.17 bits per heavy atom. The summed E-state index contributed by atoms with van der Waals surface area (Å²) >= 11 is 0. The van der Waals surface area contributed by atoms with E-state index in [1.54, 1.807) is 71.0 Å². The maximum absolute atomic E-state index is 14.2. The van der Waals surface area contributed by atoms with Gasteiger partial charge in [0.25, 0.3) is 11.8 Å². The summed E-state index contributed by atoms with van der Waals surface area (Å²) in [6, 6.07) is 2.81. The summed E-state index contributed by atoms with van der Waals surface area (Å²) in [5.74, 6) is -7.03. The van der Waals surface area contributed by atoms with E-state index in [-0.39, 0.29) is 36.9 Å². The molecule has 2 heterocycles. The average molecular weight is 734 g/mol. The molecule has 286 valence electrons. The van der Waals surface area contributed by atoms with Crippen molar-refractivity contribution >= 4 is 41.3 Å². The first-order valence-corrected chi connectivity index (χ1v) is 17.9. The Morgan fingerprint density at radius 2 is 1.60 bits per heavy atom. The van der Waals surface area contributed by atoms with Crippen LogP contribution < -0.4 is 21.3 Å². The van der Waals surface area contributed by atoms with Crippen LogP contribution >= 0.6 is 0 Å². The maximum atomic E-state index is 14.2. The maximum Gasteiger partial charge on any atom is 0.326 e. The molecule has 5 amide bonds. The number of rotatable bonds is 19. The van der Waals surface area contributed by atoms with E-state index in [4.69, 9.17) is 0 Å². The van der Waals surface area contributed by atoms with Crippen molar-refractivity contribution in [3.05, 3.63) is 72.8 Å². The third-order valence-corrected chi connectivity index (χ3v) is 9.13. The van der Waals surface area contributed by atoms with Crippen LogP contribution in [0.5, 0.6) is 0 Å². The lowest BCUT2D eigenvalue weighted by Crippen LogP contribution is -2.60. The van der Waals surface area contributed by atoms with Gasteiger partial charge < -0.3 is 31.3 Å². The summed E-state index contributed by atoms with van der Waals surface area (Å²) in [6.45, 7) is 12.7. The van der Waals surface area contributed by atoms with Gasteiger partial charge in [-0.15, -0.1) is 6.58 Å². The molecule has 6 atom stereocenters. The van der Waals surface area contributed by atoms with Gasteiger partial charge in [-0.1, -0.05) is 77.4 Å². The average Bonchev–Trinajstić information content (AvgIpc) is 3.55. The van der Waals surface area contributed by atoms with Gasteiger partial charge in [0.05, 0.1) is 12.2 Å². The lowest BCUT2D eigenvalue weighted by atomic mass is 9.94. The lowest BCUT2D eigenvalue weighted by Gasteiger charge is -2.33. The van der Waals surface area contributed by atoms with Gasteiger partial charge in [0.15, 0.2) is 0 Å². The fourth-order valence-corrected chi connectivity index (χ4v) is 6.27. The second-order valence-electron chi connectivity index (χ2n) is 13.8. The summed E-state index contributed by atoms with van der Waals surface area (Å²) < 4.78 is 0. The fourth-order valence-electron chi connectivity index (χ4n) is 6.27. The first-order valence-electron chi connectivity index (χ1n) is 17.9. The number of carbonyl (C=O) groups is 7. The number of nitrogens with one attached hydrogen (secondary N) is 4. The zero-order valence-corrected chi connectivity index (χ0v) is 30.9. The topological polar surface area (TPSA) is 217 Å². The molecule has 53 heavy (non-hydrogen) atoms. The largest absolute Gasteiger partial charge is 0.480 e. The van der Waals surface area contributed by atoms with Crippen LogP contribution in [0.2, 0.25) is 0 Å². The summed E-state index contributed by atoms with van der Waals surface area (Å²) in [4.78, 5) is 102. The van der Waals surface area contributed by atoms with E-state index < -0.39 is 77.4 Å². The molecule has 1 aromatic heterocycles. The summed E-state index contributed by atoms with van der Waals surface area (Å²) in [7, 11) is 0. The van der Waals surface area contributed by atoms with Crippen LogP contribution in [0.1, 0.15) is 76.4 Å². The SMILES string of the molecule is C=CC[C@H]1CCN(C(=O)[C@H](NC(=O)[C@H](NC(=O)c2cnccn2)C(C)C)C(C)C)[C@@H]1C(=O)N[C@@H](CCC)C(=O)C(=O)N[C@@H](Cc1ccccc1)C(=O)O. The normalized spacial score (nSPS) is 17.6. The predicted octanol–water partition coefficient (Wildman–Crippen LogP) is 1.83. The molecular formula is C38H51N7O8. The molecule has 1 aliphatic heterocycles. The van der Waals surface area contributed by atoms with E-state index in [0.29, 0.717) is 24.8 Å². The van der Waals surface area contributed by atoms with Crippen molar-refractivity contribution in [1.29, 1.82) is 0 Å². The van der Waals surface area contributed by atoms with Gasteiger partial charge >= 0.3 is 5.97 Å². The zero-order valence-electron chi connectivity index (χ0n) is 30.9. The molecule has 1 aromatic carbocycles. The lowest BCUT2D eigenvalue weighted by molar-refractivity contribution is -0.146. The molecular weight excluding hydrogens is 682 g/mol. The van der Waals surface area contributed by atoms with Crippen molar-refractivity contribution in [2.45, 2.75) is 96.9 Å². The van der Waals surface area contributed by atoms with Crippen molar-refractivity contribution in [2.75, 3.05) is 6.54 Å². The van der Waals surface area contributed by atoms with Crippen LogP contribution in [0.15, 0.2) is 61.6 Å². The highest BCUT2D eigenvalue weighted by Crippen LogP contribution is 2.29. The molecule has 1 fully saturated rings. The smallest absolute Gasteiger partial charge is 0.326 e. The van der Waals surface area contributed by atoms with E-state index >= 15 is 0 Å². The van der Waals surface area contributed by atoms with Gasteiger partial charge in [-0.2, -0.15) is 0 Å². The van der Waals surface area contributed by atoms with Crippen molar-refractivity contribution in [3.63, 3.8) is 0 Å². The van der Waals surface area contributed by atoms with Crippen LogP contribution in [0.25, 0.3) is 0 Å². The Kier molecular flexibility index (Phi) is 15.8. The fraction of sp³-hybridized carbons (Fsp3) is 0.500. The highest BCUT2D eigenvalue weighted by atomic mass is 16.4. The van der Waals surface area contributed by atoms with E-state index in [1.165, 1.54) is 23.5 Å². The number of amides is 5. The number of carboxylic acid groups (broad SMARTS) is 1. The van der Waals surface area contributed by atoms with Crippen LogP contribution in [-0.4, -0.2) is 98.0 Å². The molecule has 1 aliphatic rings. The Bertz CT molecular complexity index is 1620. The predicted molar refractivity (Wildman–Crippen MR) is 195 cm³/mol. The molecule has 2 aromatic rings. The number of ketones is 1. The molecule has 0 radical (unpaired) electrons. The number of allylic oxidation sites excluding steroid dienone is 1. The van der Waals surface area contributed by atoms with E-state index in [1.807, 2.05) is 0 Å². The van der Waals surface area contributed by atoms with Gasteiger partial charge in [0.1, 0.15) is 29.9 Å². The van der Waals surface area contributed by atoms with Crippen LogP contribution in [0, 0.1) is 17.8 Å². The first-order chi connectivity index (χ1) is 25.2. The Balaban J connectivity index is 1.80. The van der Waals surface area contributed by atoms with Crippen LogP contribution in [0.4, 0.5) is 0 Å². The van der Waals surface area contributed by atoms with E-state index in [2.05, 4.69) is 37.8 Å². The van der Waals surface area contributed by atoms with Crippen molar-refractivity contribution in [3.8, 4) is 0 Å². The molecule has 5 N–H and O–H groups in total. The number of Topliss-reactive ketones (excluding diaryl/α,β-unsaturated/α-hetero) is 1. The van der Waals surface area contributed by atoms with Gasteiger partial charge in [0.2, 0.25) is 23.5 Å². The Labute approximate surface area is 309 Å².